The predicted molar refractivity (Wildman–Crippen MR) is 27.4 cm³/mol. The fourth-order valence-corrected chi connectivity index (χ4v) is 0. The average molecular weight is 140 g/mol. The molecule has 0 saturated heterocycles. The van der Waals surface area contributed by atoms with Crippen LogP contribution in [0.15, 0.2) is 0 Å². The van der Waals surface area contributed by atoms with E-state index in [2.05, 4.69) is 0 Å². The lowest BCUT2D eigenvalue weighted by molar-refractivity contribution is 0.295. The molecule has 0 aliphatic carbocycles. The molecule has 0 aliphatic heterocycles. The van der Waals surface area contributed by atoms with Gasteiger partial charge in [0.2, 0.25) is 0 Å². The zero-order valence-corrected chi connectivity index (χ0v) is 4.49. The molecule has 0 aromatic rings. The van der Waals surface area contributed by atoms with Crippen LogP contribution in [0.5, 0.6) is 0 Å². The van der Waals surface area contributed by atoms with Crippen molar-refractivity contribution in [2.45, 2.75) is 13.3 Å². The zero-order valence-electron chi connectivity index (χ0n) is 4.49. The third kappa shape index (κ3) is 269. The lowest BCUT2D eigenvalue weighted by Crippen LogP contribution is -1.69. The van der Waals surface area contributed by atoms with Gasteiger partial charge in [0.15, 0.2) is 0 Å². The average Bonchev–Trinajstić information content (AvgIpc) is 1.37. The molecule has 1 nitrogen and oxygen atoms in total. The third-order valence-corrected chi connectivity index (χ3v) is 0.224. The molecule has 0 heterocycles. The van der Waals surface area contributed by atoms with E-state index in [-0.39, 0.29) is 18.8 Å². The highest BCUT2D eigenvalue weighted by Crippen LogP contribution is 1.61. The van der Waals surface area contributed by atoms with Crippen molar-refractivity contribution in [2.75, 3.05) is 6.61 Å². The summed E-state index contributed by atoms with van der Waals surface area (Å²) in [6.07, 6.45) is 0.875. The van der Waals surface area contributed by atoms with Gasteiger partial charge in [-0.15, -0.1) is 0 Å². The normalized spacial score (nSPS) is 3.75. The van der Waals surface area contributed by atoms with Crippen molar-refractivity contribution in [3.05, 3.63) is 0 Å². The van der Waals surface area contributed by atoms with E-state index in [4.69, 9.17) is 5.11 Å². The molecule has 0 unspecified atom stereocenters. The molecule has 8 heavy (non-hydrogen) atoms. The molecule has 0 atom stereocenters. The Bertz CT molecular complexity index is 13.2. The van der Waals surface area contributed by atoms with Crippen LogP contribution in [0.4, 0.5) is 18.8 Å². The Morgan fingerprint density at radius 1 is 1.00 bits per heavy atom. The molecule has 1 N–H and O–H groups in total. The highest BCUT2D eigenvalue weighted by atomic mass is 19.0. The van der Waals surface area contributed by atoms with Crippen LogP contribution in [0.2, 0.25) is 0 Å². The van der Waals surface area contributed by atoms with Crippen LogP contribution in [0, 0.1) is 0 Å². The van der Waals surface area contributed by atoms with Gasteiger partial charge in [-0.2, -0.15) is 0 Å². The predicted octanol–water partition coefficient (Wildman–Crippen LogP) is 0.999. The number of aliphatic hydroxyl groups excluding tert-OH is 1. The maximum Gasteiger partial charge on any atom is 0.0428 e. The van der Waals surface area contributed by atoms with Crippen LogP contribution in [0.3, 0.4) is 0 Å². The Morgan fingerprint density at radius 2 is 1.12 bits per heavy atom. The van der Waals surface area contributed by atoms with E-state index in [1.54, 1.807) is 0 Å². The molecule has 0 radical (unpaired) electrons. The number of hydrogen-bond acceptors (Lipinski definition) is 1. The minimum absolute atomic E-state index is 0. The van der Waals surface area contributed by atoms with Gasteiger partial charge in [0.05, 0.1) is 0 Å². The van der Waals surface area contributed by atoms with E-state index < -0.39 is 0 Å². The Hall–Kier alpha value is -0.320. The van der Waals surface area contributed by atoms with Crippen LogP contribution < -0.4 is 0 Å². The van der Waals surface area contributed by atoms with Gasteiger partial charge in [0, 0.05) is 6.61 Å². The number of hydrogen-bond donors (Lipinski definition) is 1. The summed E-state index contributed by atoms with van der Waals surface area (Å²) in [7, 11) is 0. The van der Waals surface area contributed by atoms with Crippen LogP contribution in [0.1, 0.15) is 13.3 Å². The second-order valence-corrected chi connectivity index (χ2v) is 0.724. The Balaban J connectivity index is -0.00000000750. The summed E-state index contributed by atoms with van der Waals surface area (Å²) in [5.41, 5.74) is 0. The summed E-state index contributed by atoms with van der Waals surface area (Å²) in [5, 5.41) is 7.88. The van der Waals surface area contributed by atoms with E-state index in [1.165, 1.54) is 0 Å². The van der Waals surface area contributed by atoms with Crippen molar-refractivity contribution in [1.29, 1.82) is 0 Å². The summed E-state index contributed by atoms with van der Waals surface area (Å²) in [6.45, 7) is 2.25. The Morgan fingerprint density at radius 3 is 1.12 bits per heavy atom. The summed E-state index contributed by atoms with van der Waals surface area (Å²) in [5.74, 6) is 0. The molecule has 5 heteroatoms. The largest absolute Gasteiger partial charge is 0.396 e. The van der Waals surface area contributed by atoms with Crippen LogP contribution in [0.25, 0.3) is 0 Å². The molecule has 0 rings (SSSR count). The van der Waals surface area contributed by atoms with Gasteiger partial charge >= 0.3 is 0 Å². The molecular weight excluding hydrogens is 128 g/mol. The molecule has 0 bridgehead atoms. The van der Waals surface area contributed by atoms with Gasteiger partial charge in [0.1, 0.15) is 0 Å². The summed E-state index contributed by atoms with van der Waals surface area (Å²) in [6, 6.07) is 0. The van der Waals surface area contributed by atoms with Gasteiger partial charge in [-0.1, -0.05) is 6.92 Å². The first kappa shape index (κ1) is 47.7. The molecule has 0 saturated carbocycles. The molecule has 0 aliphatic rings. The lowest BCUT2D eigenvalue weighted by atomic mass is 10.5. The number of rotatable bonds is 1. The molecule has 0 spiro atoms. The van der Waals surface area contributed by atoms with Crippen molar-refractivity contribution < 1.29 is 23.9 Å². The molecule has 0 aromatic carbocycles. The second-order valence-electron chi connectivity index (χ2n) is 0.724. The molecule has 0 aromatic heterocycles. The van der Waals surface area contributed by atoms with Gasteiger partial charge < -0.3 is 5.11 Å². The molecular formula is C3H12F4O. The molecule has 0 fully saturated rings. The monoisotopic (exact) mass is 140 g/mol. The topological polar surface area (TPSA) is 20.2 Å². The fourth-order valence-electron chi connectivity index (χ4n) is 0. The minimum atomic E-state index is 0. The SMILES string of the molecule is CCCO.F.F.F.F. The van der Waals surface area contributed by atoms with E-state index in [9.17, 15) is 0 Å². The van der Waals surface area contributed by atoms with Crippen molar-refractivity contribution in [1.82, 2.24) is 0 Å². The van der Waals surface area contributed by atoms with Crippen molar-refractivity contribution >= 4 is 0 Å². The fraction of sp³-hybridized carbons (Fsp3) is 1.00. The van der Waals surface area contributed by atoms with E-state index in [0.29, 0.717) is 6.61 Å². The molecule has 58 valence electrons. The highest BCUT2D eigenvalue weighted by molar-refractivity contribution is 4.10. The Labute approximate surface area is 45.2 Å². The smallest absolute Gasteiger partial charge is 0.0428 e. The van der Waals surface area contributed by atoms with E-state index in [1.807, 2.05) is 6.92 Å². The highest BCUT2D eigenvalue weighted by Gasteiger charge is 1.57. The number of aliphatic hydroxyl groups is 1. The van der Waals surface area contributed by atoms with Gasteiger partial charge in [0.25, 0.3) is 0 Å². The second kappa shape index (κ2) is 76.4. The Kier molecular flexibility index (Phi) is 455. The van der Waals surface area contributed by atoms with Crippen molar-refractivity contribution in [3.63, 3.8) is 0 Å². The maximum atomic E-state index is 7.88. The van der Waals surface area contributed by atoms with Crippen LogP contribution in [-0.2, 0) is 0 Å². The standard InChI is InChI=1S/C3H8O.4FH/c1-2-3-4;;;;/h4H,2-3H2,1H3;4*1H. The first-order chi connectivity index (χ1) is 1.91. The van der Waals surface area contributed by atoms with Crippen LogP contribution >= 0.6 is 0 Å². The van der Waals surface area contributed by atoms with Gasteiger partial charge in [-0.05, 0) is 6.42 Å². The zero-order chi connectivity index (χ0) is 3.41. The summed E-state index contributed by atoms with van der Waals surface area (Å²) in [4.78, 5) is 0. The van der Waals surface area contributed by atoms with E-state index >= 15 is 0 Å². The van der Waals surface area contributed by atoms with Crippen molar-refractivity contribution in [2.24, 2.45) is 0 Å². The quantitative estimate of drug-likeness (QED) is 0.538. The van der Waals surface area contributed by atoms with Crippen molar-refractivity contribution in [3.8, 4) is 0 Å². The van der Waals surface area contributed by atoms with E-state index in [0.717, 1.165) is 6.42 Å². The van der Waals surface area contributed by atoms with Crippen LogP contribution in [-0.4, -0.2) is 11.7 Å². The first-order valence-electron chi connectivity index (χ1n) is 1.52. The minimum Gasteiger partial charge on any atom is -0.396 e. The number of halogens is 4. The van der Waals surface area contributed by atoms with Gasteiger partial charge in [-0.25, -0.2) is 0 Å². The first-order valence-corrected chi connectivity index (χ1v) is 1.52. The summed E-state index contributed by atoms with van der Waals surface area (Å²) >= 11 is 0. The summed E-state index contributed by atoms with van der Waals surface area (Å²) < 4.78 is 0. The van der Waals surface area contributed by atoms with Gasteiger partial charge in [-0.3, -0.25) is 18.8 Å². The lowest BCUT2D eigenvalue weighted by Gasteiger charge is -1.69. The maximum absolute atomic E-state index is 7.88. The third-order valence-electron chi connectivity index (χ3n) is 0.224. The molecule has 0 amide bonds.